The molecule has 0 spiro atoms. The first-order valence-electron chi connectivity index (χ1n) is 3.56. The Balaban J connectivity index is 2.12. The summed E-state index contributed by atoms with van der Waals surface area (Å²) in [5, 5.41) is 9.06. The number of hydrogen-bond donors (Lipinski definition) is 1. The van der Waals surface area contributed by atoms with Crippen molar-refractivity contribution in [2.45, 2.75) is 25.4 Å². The zero-order chi connectivity index (χ0) is 7.40. The van der Waals surface area contributed by atoms with E-state index in [1.807, 2.05) is 0 Å². The molecule has 10 heavy (non-hydrogen) atoms. The Morgan fingerprint density at radius 1 is 1.60 bits per heavy atom. The van der Waals surface area contributed by atoms with Crippen LogP contribution in [-0.4, -0.2) is 24.3 Å². The smallest absolute Gasteiger partial charge is 0.293 e. The molecule has 2 unspecified atom stereocenters. The van der Waals surface area contributed by atoms with Crippen molar-refractivity contribution in [3.8, 4) is 0 Å². The molecule has 0 bridgehead atoms. The van der Waals surface area contributed by atoms with E-state index in [-0.39, 0.29) is 6.10 Å². The Hall–Kier alpha value is -0.570. The Morgan fingerprint density at radius 2 is 2.40 bits per heavy atom. The first-order valence-corrected chi connectivity index (χ1v) is 3.56. The van der Waals surface area contributed by atoms with E-state index in [0.717, 1.165) is 19.3 Å². The van der Waals surface area contributed by atoms with Crippen molar-refractivity contribution in [3.63, 3.8) is 0 Å². The summed E-state index contributed by atoms with van der Waals surface area (Å²) in [5.74, 6) is 0.389. The van der Waals surface area contributed by atoms with Crippen molar-refractivity contribution < 1.29 is 14.6 Å². The molecule has 0 aliphatic heterocycles. The number of carbonyl (C=O) groups is 1. The Labute approximate surface area is 60.0 Å². The van der Waals surface area contributed by atoms with E-state index in [4.69, 9.17) is 5.11 Å². The lowest BCUT2D eigenvalue weighted by Crippen LogP contribution is -2.06. The molecule has 1 aliphatic carbocycles. The van der Waals surface area contributed by atoms with Crippen LogP contribution < -0.4 is 0 Å². The van der Waals surface area contributed by atoms with Crippen LogP contribution >= 0.6 is 0 Å². The molecule has 1 aliphatic rings. The van der Waals surface area contributed by atoms with Gasteiger partial charge in [-0.15, -0.1) is 0 Å². The van der Waals surface area contributed by atoms with Gasteiger partial charge in [0.25, 0.3) is 6.47 Å². The molecule has 3 heteroatoms. The van der Waals surface area contributed by atoms with Crippen LogP contribution in [0.2, 0.25) is 0 Å². The number of hydrogen-bond acceptors (Lipinski definition) is 3. The molecule has 0 saturated heterocycles. The predicted octanol–water partition coefficient (Wildman–Crippen LogP) is 0.320. The molecule has 3 nitrogen and oxygen atoms in total. The van der Waals surface area contributed by atoms with E-state index in [2.05, 4.69) is 4.74 Å². The Morgan fingerprint density at radius 3 is 2.90 bits per heavy atom. The maximum atomic E-state index is 9.76. The summed E-state index contributed by atoms with van der Waals surface area (Å²) < 4.78 is 4.57. The monoisotopic (exact) mass is 144 g/mol. The van der Waals surface area contributed by atoms with Gasteiger partial charge in [-0.1, -0.05) is 0 Å². The minimum Gasteiger partial charge on any atom is -0.468 e. The van der Waals surface area contributed by atoms with Gasteiger partial charge in [0.1, 0.15) is 0 Å². The van der Waals surface area contributed by atoms with E-state index in [1.165, 1.54) is 0 Å². The second kappa shape index (κ2) is 3.56. The summed E-state index contributed by atoms with van der Waals surface area (Å²) in [7, 11) is 0. The van der Waals surface area contributed by atoms with Crippen molar-refractivity contribution in [1.82, 2.24) is 0 Å². The molecule has 1 fully saturated rings. The van der Waals surface area contributed by atoms with Crippen molar-refractivity contribution in [2.24, 2.45) is 5.92 Å². The second-order valence-electron chi connectivity index (χ2n) is 2.76. The summed E-state index contributed by atoms with van der Waals surface area (Å²) in [4.78, 5) is 9.76. The quantitative estimate of drug-likeness (QED) is 0.580. The molecular weight excluding hydrogens is 132 g/mol. The molecule has 2 atom stereocenters. The molecule has 0 radical (unpaired) electrons. The van der Waals surface area contributed by atoms with Crippen LogP contribution in [0.1, 0.15) is 19.3 Å². The van der Waals surface area contributed by atoms with Crippen LogP contribution in [0, 0.1) is 5.92 Å². The fourth-order valence-corrected chi connectivity index (χ4v) is 1.38. The molecule has 0 heterocycles. The number of aliphatic hydroxyl groups excluding tert-OH is 1. The van der Waals surface area contributed by atoms with Crippen molar-refractivity contribution >= 4 is 6.47 Å². The third kappa shape index (κ3) is 1.99. The molecule has 0 aromatic heterocycles. The zero-order valence-electron chi connectivity index (χ0n) is 5.82. The van der Waals surface area contributed by atoms with Crippen LogP contribution in [0.25, 0.3) is 0 Å². The standard InChI is InChI=1S/C7H12O3/c8-5-10-4-6-1-2-7(9)3-6/h5-7,9H,1-4H2. The molecule has 58 valence electrons. The van der Waals surface area contributed by atoms with E-state index in [9.17, 15) is 4.79 Å². The van der Waals surface area contributed by atoms with Gasteiger partial charge >= 0.3 is 0 Å². The lowest BCUT2D eigenvalue weighted by Gasteiger charge is -2.05. The summed E-state index contributed by atoms with van der Waals surface area (Å²) >= 11 is 0. The van der Waals surface area contributed by atoms with Crippen LogP contribution in [-0.2, 0) is 9.53 Å². The molecule has 0 aromatic rings. The van der Waals surface area contributed by atoms with Crippen molar-refractivity contribution in [1.29, 1.82) is 0 Å². The molecule has 0 amide bonds. The Kier molecular flexibility index (Phi) is 2.68. The van der Waals surface area contributed by atoms with Gasteiger partial charge in [0.05, 0.1) is 12.7 Å². The molecule has 0 aromatic carbocycles. The highest BCUT2D eigenvalue weighted by Crippen LogP contribution is 2.24. The summed E-state index contributed by atoms with van der Waals surface area (Å²) in [5.41, 5.74) is 0. The van der Waals surface area contributed by atoms with Gasteiger partial charge in [-0.2, -0.15) is 0 Å². The number of carbonyl (C=O) groups excluding carboxylic acids is 1. The van der Waals surface area contributed by atoms with E-state index < -0.39 is 0 Å². The van der Waals surface area contributed by atoms with Crippen molar-refractivity contribution in [2.75, 3.05) is 6.61 Å². The first-order chi connectivity index (χ1) is 4.83. The van der Waals surface area contributed by atoms with Crippen molar-refractivity contribution in [3.05, 3.63) is 0 Å². The maximum Gasteiger partial charge on any atom is 0.293 e. The lowest BCUT2D eigenvalue weighted by atomic mass is 10.1. The SMILES string of the molecule is O=COCC1CCC(O)C1. The average Bonchev–Trinajstić information content (AvgIpc) is 2.31. The fourth-order valence-electron chi connectivity index (χ4n) is 1.38. The van der Waals surface area contributed by atoms with Crippen LogP contribution in [0.5, 0.6) is 0 Å². The van der Waals surface area contributed by atoms with E-state index >= 15 is 0 Å². The summed E-state index contributed by atoms with van der Waals surface area (Å²) in [6.45, 7) is 0.936. The number of aliphatic hydroxyl groups is 1. The molecule has 1 N–H and O–H groups in total. The summed E-state index contributed by atoms with van der Waals surface area (Å²) in [6.07, 6.45) is 2.45. The molecular formula is C7H12O3. The highest BCUT2D eigenvalue weighted by atomic mass is 16.5. The van der Waals surface area contributed by atoms with Crippen LogP contribution in [0.3, 0.4) is 0 Å². The van der Waals surface area contributed by atoms with Gasteiger partial charge in [0.2, 0.25) is 0 Å². The maximum absolute atomic E-state index is 9.76. The van der Waals surface area contributed by atoms with Gasteiger partial charge < -0.3 is 9.84 Å². The highest BCUT2D eigenvalue weighted by molar-refractivity contribution is 5.36. The highest BCUT2D eigenvalue weighted by Gasteiger charge is 2.22. The predicted molar refractivity (Wildman–Crippen MR) is 35.4 cm³/mol. The topological polar surface area (TPSA) is 46.5 Å². The number of rotatable bonds is 3. The minimum atomic E-state index is -0.166. The van der Waals surface area contributed by atoms with Crippen LogP contribution in [0.4, 0.5) is 0 Å². The van der Waals surface area contributed by atoms with Crippen LogP contribution in [0.15, 0.2) is 0 Å². The minimum absolute atomic E-state index is 0.166. The molecule has 1 saturated carbocycles. The fraction of sp³-hybridized carbons (Fsp3) is 0.857. The Bertz CT molecular complexity index is 113. The van der Waals surface area contributed by atoms with Gasteiger partial charge in [-0.05, 0) is 25.2 Å². The largest absolute Gasteiger partial charge is 0.468 e. The zero-order valence-corrected chi connectivity index (χ0v) is 5.82. The number of ether oxygens (including phenoxy) is 1. The van der Waals surface area contributed by atoms with Gasteiger partial charge in [-0.25, -0.2) is 0 Å². The van der Waals surface area contributed by atoms with E-state index in [0.29, 0.717) is 19.0 Å². The van der Waals surface area contributed by atoms with Gasteiger partial charge in [0.15, 0.2) is 0 Å². The van der Waals surface area contributed by atoms with Gasteiger partial charge in [-0.3, -0.25) is 4.79 Å². The normalized spacial score (nSPS) is 32.1. The van der Waals surface area contributed by atoms with E-state index in [1.54, 1.807) is 0 Å². The summed E-state index contributed by atoms with van der Waals surface area (Å²) in [6, 6.07) is 0. The third-order valence-corrected chi connectivity index (χ3v) is 1.91. The second-order valence-corrected chi connectivity index (χ2v) is 2.76. The first kappa shape index (κ1) is 7.54. The third-order valence-electron chi connectivity index (χ3n) is 1.91. The van der Waals surface area contributed by atoms with Gasteiger partial charge in [0, 0.05) is 0 Å². The molecule has 1 rings (SSSR count). The lowest BCUT2D eigenvalue weighted by molar-refractivity contribution is -0.129. The average molecular weight is 144 g/mol.